The number of benzene rings is 3. The molecule has 3 aromatic rings. The molecule has 1 aliphatic carbocycles. The Hall–Kier alpha value is -3.40. The number of aromatic carboxylic acids is 1. The maximum atomic E-state index is 12.2. The fourth-order valence-electron chi connectivity index (χ4n) is 3.79. The summed E-state index contributed by atoms with van der Waals surface area (Å²) in [6.07, 6.45) is -0.698. The number of carbonyl (C=O) groups is 3. The van der Waals surface area contributed by atoms with Gasteiger partial charge in [0.1, 0.15) is 13.2 Å². The first-order chi connectivity index (χ1) is 15.4. The van der Waals surface area contributed by atoms with Crippen LogP contribution in [-0.2, 0) is 9.53 Å². The molecule has 0 radical (unpaired) electrons. The van der Waals surface area contributed by atoms with Crippen LogP contribution in [0.15, 0.2) is 66.7 Å². The van der Waals surface area contributed by atoms with E-state index in [1.807, 2.05) is 59.0 Å². The van der Waals surface area contributed by atoms with Crippen LogP contribution < -0.4 is 10.6 Å². The molecule has 0 spiro atoms. The summed E-state index contributed by atoms with van der Waals surface area (Å²) in [6, 6.07) is 20.5. The largest absolute Gasteiger partial charge is 0.478 e. The van der Waals surface area contributed by atoms with Gasteiger partial charge in [-0.3, -0.25) is 4.79 Å². The van der Waals surface area contributed by atoms with Gasteiger partial charge in [-0.05, 0) is 63.0 Å². The van der Waals surface area contributed by atoms with E-state index in [0.717, 1.165) is 22.3 Å². The summed E-state index contributed by atoms with van der Waals surface area (Å²) in [6.45, 7) is -0.148. The molecular weight excluding hydrogens is 523 g/mol. The molecule has 0 saturated heterocycles. The van der Waals surface area contributed by atoms with Crippen LogP contribution in [0.25, 0.3) is 11.1 Å². The van der Waals surface area contributed by atoms with Crippen LogP contribution in [0.1, 0.15) is 27.4 Å². The van der Waals surface area contributed by atoms with Crippen molar-refractivity contribution in [3.8, 4) is 11.1 Å². The summed E-state index contributed by atoms with van der Waals surface area (Å²) >= 11 is 1.97. The Balaban J connectivity index is 1.32. The first kappa shape index (κ1) is 21.8. The van der Waals surface area contributed by atoms with Gasteiger partial charge < -0.3 is 20.5 Å². The zero-order valence-electron chi connectivity index (χ0n) is 16.8. The summed E-state index contributed by atoms with van der Waals surface area (Å²) in [5, 5.41) is 14.1. The first-order valence-electron chi connectivity index (χ1n) is 9.85. The highest BCUT2D eigenvalue weighted by molar-refractivity contribution is 14.1. The van der Waals surface area contributed by atoms with Gasteiger partial charge in [-0.15, -0.1) is 0 Å². The molecule has 7 nitrogen and oxygen atoms in total. The van der Waals surface area contributed by atoms with Gasteiger partial charge in [-0.1, -0.05) is 48.5 Å². The van der Waals surface area contributed by atoms with Crippen molar-refractivity contribution in [3.63, 3.8) is 0 Å². The van der Waals surface area contributed by atoms with Crippen LogP contribution in [0.2, 0.25) is 0 Å². The number of carboxylic acids is 1. The smallest absolute Gasteiger partial charge is 0.407 e. The molecule has 162 valence electrons. The first-order valence-corrected chi connectivity index (χ1v) is 10.9. The number of hydrogen-bond donors (Lipinski definition) is 3. The number of nitrogens with one attached hydrogen (secondary N) is 2. The van der Waals surface area contributed by atoms with Crippen LogP contribution in [0, 0.1) is 3.57 Å². The lowest BCUT2D eigenvalue weighted by molar-refractivity contribution is -0.115. The number of anilines is 1. The fourth-order valence-corrected chi connectivity index (χ4v) is 4.46. The summed E-state index contributed by atoms with van der Waals surface area (Å²) < 4.78 is 6.07. The molecule has 2 amide bonds. The van der Waals surface area contributed by atoms with E-state index in [4.69, 9.17) is 9.84 Å². The van der Waals surface area contributed by atoms with Crippen molar-refractivity contribution in [3.05, 3.63) is 87.0 Å². The van der Waals surface area contributed by atoms with Crippen LogP contribution in [0.5, 0.6) is 0 Å². The molecule has 0 atom stereocenters. The number of carbonyl (C=O) groups excluding carboxylic acids is 2. The molecule has 0 saturated carbocycles. The monoisotopic (exact) mass is 542 g/mol. The Kier molecular flexibility index (Phi) is 6.40. The van der Waals surface area contributed by atoms with Crippen molar-refractivity contribution >= 4 is 46.2 Å². The van der Waals surface area contributed by atoms with Gasteiger partial charge >= 0.3 is 12.1 Å². The molecule has 3 N–H and O–H groups in total. The summed E-state index contributed by atoms with van der Waals surface area (Å²) in [7, 11) is 0. The zero-order valence-corrected chi connectivity index (χ0v) is 19.0. The van der Waals surface area contributed by atoms with Gasteiger partial charge in [0.05, 0.1) is 5.56 Å². The third-order valence-electron chi connectivity index (χ3n) is 5.17. The van der Waals surface area contributed by atoms with Crippen LogP contribution in [-0.4, -0.2) is 36.2 Å². The lowest BCUT2D eigenvalue weighted by atomic mass is 9.98. The van der Waals surface area contributed by atoms with Crippen molar-refractivity contribution in [1.29, 1.82) is 0 Å². The number of halogens is 1. The lowest BCUT2D eigenvalue weighted by Crippen LogP contribution is -2.34. The van der Waals surface area contributed by atoms with Gasteiger partial charge in [-0.2, -0.15) is 0 Å². The molecule has 0 heterocycles. The topological polar surface area (TPSA) is 105 Å². The minimum absolute atomic E-state index is 0.0664. The Labute approximate surface area is 197 Å². The highest BCUT2D eigenvalue weighted by atomic mass is 127. The molecule has 1 aliphatic rings. The summed E-state index contributed by atoms with van der Waals surface area (Å²) in [5.41, 5.74) is 4.88. The zero-order chi connectivity index (χ0) is 22.7. The second-order valence-electron chi connectivity index (χ2n) is 7.26. The average molecular weight is 542 g/mol. The van der Waals surface area contributed by atoms with E-state index in [-0.39, 0.29) is 24.6 Å². The normalized spacial score (nSPS) is 11.9. The number of alkyl carbamates (subject to hydrolysis) is 1. The number of carboxylic acid groups (broad SMARTS) is 1. The minimum Gasteiger partial charge on any atom is -0.478 e. The van der Waals surface area contributed by atoms with Gasteiger partial charge in [0, 0.05) is 15.2 Å². The molecule has 0 aliphatic heterocycles. The predicted octanol–water partition coefficient (Wildman–Crippen LogP) is 4.47. The van der Waals surface area contributed by atoms with Gasteiger partial charge in [-0.25, -0.2) is 9.59 Å². The highest BCUT2D eigenvalue weighted by Gasteiger charge is 2.29. The van der Waals surface area contributed by atoms with Crippen molar-refractivity contribution in [2.24, 2.45) is 0 Å². The van der Waals surface area contributed by atoms with E-state index in [2.05, 4.69) is 22.8 Å². The average Bonchev–Trinajstić information content (AvgIpc) is 3.09. The Bertz CT molecular complexity index is 1160. The Morgan fingerprint density at radius 1 is 0.938 bits per heavy atom. The third-order valence-corrected chi connectivity index (χ3v) is 5.79. The van der Waals surface area contributed by atoms with Crippen LogP contribution >= 0.6 is 22.6 Å². The molecule has 0 fully saturated rings. The van der Waals surface area contributed by atoms with Crippen LogP contribution in [0.3, 0.4) is 0 Å². The van der Waals surface area contributed by atoms with Crippen LogP contribution in [0.4, 0.5) is 10.5 Å². The van der Waals surface area contributed by atoms with E-state index in [1.165, 1.54) is 12.1 Å². The van der Waals surface area contributed by atoms with Gasteiger partial charge in [0.25, 0.3) is 0 Å². The minimum atomic E-state index is -1.09. The second kappa shape index (κ2) is 9.39. The van der Waals surface area contributed by atoms with Crippen molar-refractivity contribution in [2.45, 2.75) is 5.92 Å². The number of fused-ring (bicyclic) bond motifs is 3. The number of amides is 2. The standard InChI is InChI=1S/C24H19IN2O5/c25-15-9-14(23(29)30)10-16(11-15)27-22(28)12-26-24(31)32-13-21-19-7-3-1-5-17(19)18-6-2-4-8-20(18)21/h1-11,21H,12-13H2,(H,26,31)(H,27,28)(H,29,30). The van der Waals surface area contributed by atoms with Gasteiger partial charge in [0.15, 0.2) is 0 Å². The SMILES string of the molecule is O=C(CNC(=O)OCC1c2ccccc2-c2ccccc21)Nc1cc(I)cc(C(=O)O)c1. The molecule has 3 aromatic carbocycles. The quantitative estimate of drug-likeness (QED) is 0.399. The molecular formula is C24H19IN2O5. The van der Waals surface area contributed by atoms with E-state index in [0.29, 0.717) is 9.26 Å². The fraction of sp³-hybridized carbons (Fsp3) is 0.125. The second-order valence-corrected chi connectivity index (χ2v) is 8.51. The highest BCUT2D eigenvalue weighted by Crippen LogP contribution is 2.44. The maximum Gasteiger partial charge on any atom is 0.407 e. The number of rotatable bonds is 6. The van der Waals surface area contributed by atoms with E-state index in [1.54, 1.807) is 6.07 Å². The molecule has 0 unspecified atom stereocenters. The van der Waals surface area contributed by atoms with E-state index >= 15 is 0 Å². The van der Waals surface area contributed by atoms with Gasteiger partial charge in [0.2, 0.25) is 5.91 Å². The molecule has 8 heteroatoms. The van der Waals surface area contributed by atoms with E-state index < -0.39 is 18.0 Å². The van der Waals surface area contributed by atoms with Crippen molar-refractivity contribution < 1.29 is 24.2 Å². The summed E-state index contributed by atoms with van der Waals surface area (Å²) in [4.78, 5) is 35.5. The van der Waals surface area contributed by atoms with Crippen molar-refractivity contribution in [2.75, 3.05) is 18.5 Å². The van der Waals surface area contributed by atoms with E-state index in [9.17, 15) is 14.4 Å². The number of ether oxygens (including phenoxy) is 1. The predicted molar refractivity (Wildman–Crippen MR) is 128 cm³/mol. The maximum absolute atomic E-state index is 12.2. The molecule has 0 bridgehead atoms. The Morgan fingerprint density at radius 2 is 1.56 bits per heavy atom. The number of hydrogen-bond acceptors (Lipinski definition) is 4. The molecule has 32 heavy (non-hydrogen) atoms. The lowest BCUT2D eigenvalue weighted by Gasteiger charge is -2.14. The summed E-state index contributed by atoms with van der Waals surface area (Å²) in [5.74, 6) is -1.64. The third kappa shape index (κ3) is 4.75. The molecule has 0 aromatic heterocycles. The molecule has 4 rings (SSSR count). The van der Waals surface area contributed by atoms with Crippen molar-refractivity contribution in [1.82, 2.24) is 5.32 Å². The Morgan fingerprint density at radius 3 is 2.19 bits per heavy atom.